The van der Waals surface area contributed by atoms with E-state index >= 15 is 0 Å². The van der Waals surface area contributed by atoms with E-state index in [2.05, 4.69) is 22.4 Å². The Bertz CT molecular complexity index is 830. The van der Waals surface area contributed by atoms with Crippen molar-refractivity contribution in [1.82, 2.24) is 9.55 Å². The quantitative estimate of drug-likeness (QED) is 0.500. The average molecular weight is 351 g/mol. The first-order chi connectivity index (χ1) is 12.2. The number of hydrogen-bond donors (Lipinski definition) is 1. The van der Waals surface area contributed by atoms with Crippen molar-refractivity contribution in [1.29, 1.82) is 0 Å². The number of nitrogens with one attached hydrogen (secondary N) is 1. The summed E-state index contributed by atoms with van der Waals surface area (Å²) < 4.78 is 1.96. The van der Waals surface area contributed by atoms with Gasteiger partial charge in [0, 0.05) is 42.0 Å². The summed E-state index contributed by atoms with van der Waals surface area (Å²) in [7, 11) is 1.96. The fraction of sp³-hybridized carbons (Fsp3) is 0.200. The minimum atomic E-state index is 0.0469. The Morgan fingerprint density at radius 3 is 2.76 bits per heavy atom. The minimum absolute atomic E-state index is 0.0469. The van der Waals surface area contributed by atoms with Gasteiger partial charge in [-0.1, -0.05) is 30.3 Å². The Hall–Kier alpha value is -2.53. The molecule has 0 saturated carbocycles. The third-order valence-corrected chi connectivity index (χ3v) is 4.88. The summed E-state index contributed by atoms with van der Waals surface area (Å²) in [6.07, 6.45) is 5.05. The van der Waals surface area contributed by atoms with Crippen molar-refractivity contribution in [2.45, 2.75) is 17.7 Å². The zero-order chi connectivity index (χ0) is 17.5. The highest BCUT2D eigenvalue weighted by Crippen LogP contribution is 2.21. The Morgan fingerprint density at radius 2 is 2.00 bits per heavy atom. The highest BCUT2D eigenvalue weighted by Gasteiger charge is 2.06. The lowest BCUT2D eigenvalue weighted by molar-refractivity contribution is -0.116. The normalized spacial score (nSPS) is 10.6. The predicted octanol–water partition coefficient (Wildman–Crippen LogP) is 4.60. The number of aryl methyl sites for hydroxylation is 1. The van der Waals surface area contributed by atoms with Gasteiger partial charge in [0.05, 0.1) is 0 Å². The highest BCUT2D eigenvalue weighted by molar-refractivity contribution is 7.99. The molecular formula is C20H21N3OS. The molecule has 1 aromatic heterocycles. The van der Waals surface area contributed by atoms with E-state index in [0.29, 0.717) is 6.42 Å². The van der Waals surface area contributed by atoms with E-state index in [9.17, 15) is 4.79 Å². The lowest BCUT2D eigenvalue weighted by Gasteiger charge is -2.08. The van der Waals surface area contributed by atoms with Crippen LogP contribution in [0.2, 0.25) is 0 Å². The fourth-order valence-electron chi connectivity index (χ4n) is 2.54. The average Bonchev–Trinajstić information content (AvgIpc) is 3.06. The molecule has 0 radical (unpaired) electrons. The van der Waals surface area contributed by atoms with Crippen molar-refractivity contribution in [3.8, 4) is 11.4 Å². The number of anilines is 1. The van der Waals surface area contributed by atoms with E-state index in [1.165, 1.54) is 4.90 Å². The maximum Gasteiger partial charge on any atom is 0.224 e. The summed E-state index contributed by atoms with van der Waals surface area (Å²) >= 11 is 1.78. The van der Waals surface area contributed by atoms with Crippen LogP contribution in [-0.2, 0) is 11.8 Å². The number of carbonyl (C=O) groups excluding carboxylic acids is 1. The molecule has 1 N–H and O–H groups in total. The van der Waals surface area contributed by atoms with Gasteiger partial charge in [-0.15, -0.1) is 11.8 Å². The predicted molar refractivity (Wildman–Crippen MR) is 104 cm³/mol. The Balaban J connectivity index is 1.49. The zero-order valence-corrected chi connectivity index (χ0v) is 15.0. The van der Waals surface area contributed by atoms with Crippen LogP contribution in [0, 0.1) is 0 Å². The molecule has 128 valence electrons. The van der Waals surface area contributed by atoms with Crippen molar-refractivity contribution >= 4 is 23.4 Å². The molecule has 0 fully saturated rings. The molecular weight excluding hydrogens is 330 g/mol. The number of nitrogens with zero attached hydrogens (tertiary/aromatic N) is 2. The van der Waals surface area contributed by atoms with E-state index in [1.54, 1.807) is 18.0 Å². The first-order valence-electron chi connectivity index (χ1n) is 8.28. The van der Waals surface area contributed by atoms with Gasteiger partial charge in [0.15, 0.2) is 0 Å². The second-order valence-electron chi connectivity index (χ2n) is 5.76. The van der Waals surface area contributed by atoms with Crippen LogP contribution in [-0.4, -0.2) is 21.2 Å². The summed E-state index contributed by atoms with van der Waals surface area (Å²) in [5.41, 5.74) is 1.80. The molecule has 0 aliphatic rings. The number of amides is 1. The topological polar surface area (TPSA) is 46.9 Å². The summed E-state index contributed by atoms with van der Waals surface area (Å²) in [6.45, 7) is 0. The number of carbonyl (C=O) groups is 1. The van der Waals surface area contributed by atoms with Crippen LogP contribution in [0.5, 0.6) is 0 Å². The Labute approximate surface area is 152 Å². The lowest BCUT2D eigenvalue weighted by Crippen LogP contribution is -2.11. The maximum absolute atomic E-state index is 12.1. The van der Waals surface area contributed by atoms with E-state index in [0.717, 1.165) is 29.2 Å². The number of rotatable bonds is 7. The van der Waals surface area contributed by atoms with Gasteiger partial charge in [-0.2, -0.15) is 0 Å². The first kappa shape index (κ1) is 17.3. The molecule has 4 nitrogen and oxygen atoms in total. The van der Waals surface area contributed by atoms with Crippen molar-refractivity contribution in [3.05, 3.63) is 67.0 Å². The highest BCUT2D eigenvalue weighted by atomic mass is 32.2. The molecule has 0 bridgehead atoms. The van der Waals surface area contributed by atoms with Gasteiger partial charge < -0.3 is 9.88 Å². The molecule has 5 heteroatoms. The third-order valence-electron chi connectivity index (χ3n) is 3.79. The van der Waals surface area contributed by atoms with Crippen LogP contribution in [0.1, 0.15) is 12.8 Å². The van der Waals surface area contributed by atoms with Gasteiger partial charge in [-0.3, -0.25) is 4.79 Å². The van der Waals surface area contributed by atoms with E-state index < -0.39 is 0 Å². The summed E-state index contributed by atoms with van der Waals surface area (Å²) in [5.74, 6) is 1.87. The molecule has 0 aliphatic carbocycles. The molecule has 3 aromatic rings. The number of aromatic nitrogens is 2. The summed E-state index contributed by atoms with van der Waals surface area (Å²) in [5, 5.41) is 2.98. The van der Waals surface area contributed by atoms with Crippen LogP contribution in [0.4, 0.5) is 5.69 Å². The van der Waals surface area contributed by atoms with Crippen molar-refractivity contribution < 1.29 is 4.79 Å². The first-order valence-corrected chi connectivity index (χ1v) is 9.26. The van der Waals surface area contributed by atoms with Crippen molar-refractivity contribution in [3.63, 3.8) is 0 Å². The zero-order valence-electron chi connectivity index (χ0n) is 14.2. The van der Waals surface area contributed by atoms with Crippen LogP contribution >= 0.6 is 11.8 Å². The molecule has 1 heterocycles. The second-order valence-corrected chi connectivity index (χ2v) is 6.92. The van der Waals surface area contributed by atoms with Gasteiger partial charge in [0.2, 0.25) is 5.91 Å². The Kier molecular flexibility index (Phi) is 5.90. The molecule has 0 aliphatic heterocycles. The number of thioether (sulfide) groups is 1. The van der Waals surface area contributed by atoms with E-state index in [1.807, 2.05) is 60.3 Å². The van der Waals surface area contributed by atoms with Crippen LogP contribution in [0.3, 0.4) is 0 Å². The summed E-state index contributed by atoms with van der Waals surface area (Å²) in [6, 6.07) is 18.0. The lowest BCUT2D eigenvalue weighted by atomic mass is 10.2. The fourth-order valence-corrected chi connectivity index (χ4v) is 3.42. The minimum Gasteiger partial charge on any atom is -0.334 e. The molecule has 0 atom stereocenters. The van der Waals surface area contributed by atoms with Crippen LogP contribution in [0.15, 0.2) is 71.9 Å². The molecule has 0 saturated heterocycles. The second kappa shape index (κ2) is 8.53. The SMILES string of the molecule is Cn1ccnc1-c1cccc(NC(=O)CCCSc2ccccc2)c1. The number of imidazole rings is 1. The van der Waals surface area contributed by atoms with E-state index in [-0.39, 0.29) is 5.91 Å². The molecule has 2 aromatic carbocycles. The van der Waals surface area contributed by atoms with Crippen molar-refractivity contribution in [2.24, 2.45) is 7.05 Å². The standard InChI is InChI=1S/C20H21N3OS/c1-23-13-12-21-20(23)16-7-5-8-17(15-16)22-19(24)11-6-14-25-18-9-3-2-4-10-18/h2-5,7-10,12-13,15H,6,11,14H2,1H3,(H,22,24). The van der Waals surface area contributed by atoms with Crippen LogP contribution < -0.4 is 5.32 Å². The molecule has 1 amide bonds. The molecule has 0 unspecified atom stereocenters. The number of hydrogen-bond acceptors (Lipinski definition) is 3. The largest absolute Gasteiger partial charge is 0.334 e. The third kappa shape index (κ3) is 4.97. The van der Waals surface area contributed by atoms with E-state index in [4.69, 9.17) is 0 Å². The maximum atomic E-state index is 12.1. The van der Waals surface area contributed by atoms with Crippen LogP contribution in [0.25, 0.3) is 11.4 Å². The van der Waals surface area contributed by atoms with Gasteiger partial charge in [0.1, 0.15) is 5.82 Å². The molecule has 0 spiro atoms. The van der Waals surface area contributed by atoms with Crippen molar-refractivity contribution in [2.75, 3.05) is 11.1 Å². The molecule has 25 heavy (non-hydrogen) atoms. The number of benzene rings is 2. The van der Waals surface area contributed by atoms with Gasteiger partial charge in [0.25, 0.3) is 0 Å². The monoisotopic (exact) mass is 351 g/mol. The van der Waals surface area contributed by atoms with Gasteiger partial charge >= 0.3 is 0 Å². The Morgan fingerprint density at radius 1 is 1.16 bits per heavy atom. The van der Waals surface area contributed by atoms with Gasteiger partial charge in [-0.25, -0.2) is 4.98 Å². The smallest absolute Gasteiger partial charge is 0.224 e. The van der Waals surface area contributed by atoms with Gasteiger partial charge in [-0.05, 0) is 36.4 Å². The summed E-state index contributed by atoms with van der Waals surface area (Å²) in [4.78, 5) is 17.7. The molecule has 3 rings (SSSR count).